The zero-order valence-corrected chi connectivity index (χ0v) is 11.1. The lowest BCUT2D eigenvalue weighted by molar-refractivity contribution is 0.548. The zero-order valence-electron chi connectivity index (χ0n) is 11.1. The van der Waals surface area contributed by atoms with Gasteiger partial charge in [0.1, 0.15) is 0 Å². The van der Waals surface area contributed by atoms with Gasteiger partial charge in [-0.3, -0.25) is 4.98 Å². The molecule has 94 valence electrons. The summed E-state index contributed by atoms with van der Waals surface area (Å²) >= 11 is 0. The molecule has 2 rings (SSSR count). The van der Waals surface area contributed by atoms with E-state index in [0.29, 0.717) is 6.04 Å². The SMILES string of the molecule is CCNC(Cc1ccc(C)cc1)c1cccnc1. The molecule has 0 aliphatic carbocycles. The Morgan fingerprint density at radius 2 is 1.94 bits per heavy atom. The Bertz CT molecular complexity index is 462. The number of likely N-dealkylation sites (N-methyl/N-ethyl adjacent to an activating group) is 1. The van der Waals surface area contributed by atoms with Crippen molar-refractivity contribution in [2.45, 2.75) is 26.3 Å². The fraction of sp³-hybridized carbons (Fsp3) is 0.312. The summed E-state index contributed by atoms with van der Waals surface area (Å²) in [6.07, 6.45) is 4.76. The molecule has 1 unspecified atom stereocenters. The minimum Gasteiger partial charge on any atom is -0.310 e. The molecule has 0 saturated heterocycles. The summed E-state index contributed by atoms with van der Waals surface area (Å²) in [6.45, 7) is 5.22. The summed E-state index contributed by atoms with van der Waals surface area (Å²) in [5, 5.41) is 3.52. The van der Waals surface area contributed by atoms with E-state index in [2.05, 4.69) is 54.5 Å². The Balaban J connectivity index is 2.14. The van der Waals surface area contributed by atoms with E-state index < -0.39 is 0 Å². The molecular formula is C16H20N2. The number of aryl methyl sites for hydroxylation is 1. The van der Waals surface area contributed by atoms with Crippen molar-refractivity contribution >= 4 is 0 Å². The first kappa shape index (κ1) is 12.8. The van der Waals surface area contributed by atoms with Crippen molar-refractivity contribution in [3.8, 4) is 0 Å². The van der Waals surface area contributed by atoms with Crippen LogP contribution in [0.15, 0.2) is 48.8 Å². The van der Waals surface area contributed by atoms with Crippen molar-refractivity contribution in [1.29, 1.82) is 0 Å². The molecule has 0 radical (unpaired) electrons. The number of aromatic nitrogens is 1. The zero-order chi connectivity index (χ0) is 12.8. The molecule has 1 N–H and O–H groups in total. The highest BCUT2D eigenvalue weighted by Crippen LogP contribution is 2.17. The van der Waals surface area contributed by atoms with Crippen LogP contribution in [0.1, 0.15) is 29.7 Å². The van der Waals surface area contributed by atoms with Gasteiger partial charge in [0.15, 0.2) is 0 Å². The van der Waals surface area contributed by atoms with Crippen molar-refractivity contribution < 1.29 is 0 Å². The molecule has 0 saturated carbocycles. The number of hydrogen-bond acceptors (Lipinski definition) is 2. The molecule has 0 aliphatic heterocycles. The number of rotatable bonds is 5. The van der Waals surface area contributed by atoms with E-state index in [9.17, 15) is 0 Å². The Morgan fingerprint density at radius 3 is 2.56 bits per heavy atom. The van der Waals surface area contributed by atoms with Gasteiger partial charge in [0.25, 0.3) is 0 Å². The first-order valence-corrected chi connectivity index (χ1v) is 6.48. The average Bonchev–Trinajstić information content (AvgIpc) is 2.42. The van der Waals surface area contributed by atoms with Crippen LogP contribution in [0, 0.1) is 6.92 Å². The third-order valence-corrected chi connectivity index (χ3v) is 3.10. The van der Waals surface area contributed by atoms with Gasteiger partial charge in [-0.1, -0.05) is 42.8 Å². The fourth-order valence-electron chi connectivity index (χ4n) is 2.10. The van der Waals surface area contributed by atoms with E-state index in [4.69, 9.17) is 0 Å². The van der Waals surface area contributed by atoms with Gasteiger partial charge in [0.05, 0.1) is 0 Å². The van der Waals surface area contributed by atoms with Crippen LogP contribution in [0.4, 0.5) is 0 Å². The summed E-state index contributed by atoms with van der Waals surface area (Å²) in [6, 6.07) is 13.2. The second-order valence-corrected chi connectivity index (χ2v) is 4.59. The maximum atomic E-state index is 4.20. The molecule has 0 bridgehead atoms. The van der Waals surface area contributed by atoms with Crippen LogP contribution in [0.2, 0.25) is 0 Å². The van der Waals surface area contributed by atoms with E-state index in [1.807, 2.05) is 18.5 Å². The van der Waals surface area contributed by atoms with Crippen molar-refractivity contribution in [3.63, 3.8) is 0 Å². The number of nitrogens with one attached hydrogen (secondary N) is 1. The number of pyridine rings is 1. The normalized spacial score (nSPS) is 12.3. The van der Waals surface area contributed by atoms with Gasteiger partial charge in [0, 0.05) is 18.4 Å². The molecule has 2 heteroatoms. The van der Waals surface area contributed by atoms with Gasteiger partial charge in [0.2, 0.25) is 0 Å². The van der Waals surface area contributed by atoms with Gasteiger partial charge in [-0.2, -0.15) is 0 Å². The quantitative estimate of drug-likeness (QED) is 0.867. The van der Waals surface area contributed by atoms with Gasteiger partial charge in [-0.25, -0.2) is 0 Å². The van der Waals surface area contributed by atoms with E-state index in [0.717, 1.165) is 13.0 Å². The van der Waals surface area contributed by atoms with E-state index in [1.165, 1.54) is 16.7 Å². The summed E-state index contributed by atoms with van der Waals surface area (Å²) in [4.78, 5) is 4.20. The molecule has 18 heavy (non-hydrogen) atoms. The molecule has 0 fully saturated rings. The van der Waals surface area contributed by atoms with Crippen molar-refractivity contribution in [2.24, 2.45) is 0 Å². The Morgan fingerprint density at radius 1 is 1.17 bits per heavy atom. The molecule has 1 aromatic carbocycles. The fourth-order valence-corrected chi connectivity index (χ4v) is 2.10. The first-order valence-electron chi connectivity index (χ1n) is 6.48. The van der Waals surface area contributed by atoms with Crippen LogP contribution >= 0.6 is 0 Å². The monoisotopic (exact) mass is 240 g/mol. The number of nitrogens with zero attached hydrogens (tertiary/aromatic N) is 1. The van der Waals surface area contributed by atoms with Crippen LogP contribution < -0.4 is 5.32 Å². The highest BCUT2D eigenvalue weighted by atomic mass is 14.9. The van der Waals surface area contributed by atoms with Crippen molar-refractivity contribution in [2.75, 3.05) is 6.54 Å². The Kier molecular flexibility index (Phi) is 4.48. The summed E-state index contributed by atoms with van der Waals surface area (Å²) in [5.74, 6) is 0. The van der Waals surface area contributed by atoms with Crippen molar-refractivity contribution in [1.82, 2.24) is 10.3 Å². The summed E-state index contributed by atoms with van der Waals surface area (Å²) in [5.41, 5.74) is 3.91. The maximum absolute atomic E-state index is 4.20. The molecule has 2 nitrogen and oxygen atoms in total. The smallest absolute Gasteiger partial charge is 0.0376 e. The maximum Gasteiger partial charge on any atom is 0.0376 e. The summed E-state index contributed by atoms with van der Waals surface area (Å²) < 4.78 is 0. The second-order valence-electron chi connectivity index (χ2n) is 4.59. The topological polar surface area (TPSA) is 24.9 Å². The number of hydrogen-bond donors (Lipinski definition) is 1. The predicted octanol–water partition coefficient (Wildman–Crippen LogP) is 3.28. The van der Waals surface area contributed by atoms with Crippen LogP contribution in [0.5, 0.6) is 0 Å². The minimum absolute atomic E-state index is 0.339. The molecule has 1 atom stereocenters. The lowest BCUT2D eigenvalue weighted by Crippen LogP contribution is -2.23. The number of benzene rings is 1. The molecule has 0 spiro atoms. The molecule has 0 amide bonds. The highest BCUT2D eigenvalue weighted by Gasteiger charge is 2.10. The molecule has 1 aromatic heterocycles. The molecule has 0 aliphatic rings. The highest BCUT2D eigenvalue weighted by molar-refractivity contribution is 5.24. The van der Waals surface area contributed by atoms with Crippen LogP contribution in [-0.4, -0.2) is 11.5 Å². The van der Waals surface area contributed by atoms with Crippen LogP contribution in [-0.2, 0) is 6.42 Å². The lowest BCUT2D eigenvalue weighted by Gasteiger charge is -2.18. The predicted molar refractivity (Wildman–Crippen MR) is 75.5 cm³/mol. The van der Waals surface area contributed by atoms with Crippen LogP contribution in [0.25, 0.3) is 0 Å². The lowest BCUT2D eigenvalue weighted by atomic mass is 9.99. The largest absolute Gasteiger partial charge is 0.310 e. The molecular weight excluding hydrogens is 220 g/mol. The van der Waals surface area contributed by atoms with E-state index >= 15 is 0 Å². The molecule has 2 aromatic rings. The van der Waals surface area contributed by atoms with Gasteiger partial charge in [-0.15, -0.1) is 0 Å². The van der Waals surface area contributed by atoms with E-state index in [1.54, 1.807) is 0 Å². The third kappa shape index (κ3) is 3.41. The Hall–Kier alpha value is -1.67. The third-order valence-electron chi connectivity index (χ3n) is 3.10. The summed E-state index contributed by atoms with van der Waals surface area (Å²) in [7, 11) is 0. The first-order chi connectivity index (χ1) is 8.79. The van der Waals surface area contributed by atoms with Gasteiger partial charge in [-0.05, 0) is 37.1 Å². The minimum atomic E-state index is 0.339. The van der Waals surface area contributed by atoms with Crippen LogP contribution in [0.3, 0.4) is 0 Å². The molecule has 1 heterocycles. The second kappa shape index (κ2) is 6.31. The van der Waals surface area contributed by atoms with Gasteiger partial charge >= 0.3 is 0 Å². The Labute approximate surface area is 109 Å². The average molecular weight is 240 g/mol. The van der Waals surface area contributed by atoms with E-state index in [-0.39, 0.29) is 0 Å². The standard InChI is InChI=1S/C16H20N2/c1-3-18-16(15-5-4-10-17-12-15)11-14-8-6-13(2)7-9-14/h4-10,12,16,18H,3,11H2,1-2H3. The van der Waals surface area contributed by atoms with Crippen molar-refractivity contribution in [3.05, 3.63) is 65.5 Å². The van der Waals surface area contributed by atoms with Gasteiger partial charge < -0.3 is 5.32 Å².